The Hall–Kier alpha value is -0.900. The zero-order valence-electron chi connectivity index (χ0n) is 13.3. The molecule has 0 aromatic heterocycles. The Bertz CT molecular complexity index is 472. The summed E-state index contributed by atoms with van der Waals surface area (Å²) in [6.45, 7) is 6.19. The Kier molecular flexibility index (Phi) is 4.63. The van der Waals surface area contributed by atoms with Crippen molar-refractivity contribution in [1.82, 2.24) is 4.90 Å². The van der Waals surface area contributed by atoms with Gasteiger partial charge in [0.1, 0.15) is 0 Å². The highest BCUT2D eigenvalue weighted by molar-refractivity contribution is 5.30. The third-order valence-electron chi connectivity index (χ3n) is 5.14. The first-order valence-corrected chi connectivity index (χ1v) is 8.37. The first-order valence-electron chi connectivity index (χ1n) is 8.37. The molecule has 1 aliphatic carbocycles. The van der Waals surface area contributed by atoms with E-state index in [1.54, 1.807) is 0 Å². The number of aryl methyl sites for hydroxylation is 1. The number of hydrogen-bond acceptors (Lipinski definition) is 3. The van der Waals surface area contributed by atoms with Gasteiger partial charge in [-0.2, -0.15) is 0 Å². The average Bonchev–Trinajstić information content (AvgIpc) is 2.49. The van der Waals surface area contributed by atoms with Crippen LogP contribution >= 0.6 is 0 Å². The monoisotopic (exact) mass is 288 g/mol. The second-order valence-electron chi connectivity index (χ2n) is 6.66. The maximum absolute atomic E-state index is 6.41. The number of nitrogens with zero attached hydrogens (tertiary/aromatic N) is 1. The van der Waals surface area contributed by atoms with Crippen molar-refractivity contribution in [2.75, 3.05) is 13.2 Å². The second kappa shape index (κ2) is 6.47. The smallest absolute Gasteiger partial charge is 0.0731 e. The summed E-state index contributed by atoms with van der Waals surface area (Å²) in [6.07, 6.45) is 5.50. The standard InChI is InChI=1S/C18H28N2O/c1-13-7-3-4-8-15(13)18(14(2)19)20-11-12-21-17-10-6-5-9-16(17)20/h3-4,7-8,14,16-18H,5-6,9-12,19H2,1-2H3. The van der Waals surface area contributed by atoms with Crippen LogP contribution in [0.2, 0.25) is 0 Å². The van der Waals surface area contributed by atoms with Gasteiger partial charge in [-0.15, -0.1) is 0 Å². The quantitative estimate of drug-likeness (QED) is 0.929. The van der Waals surface area contributed by atoms with Gasteiger partial charge in [0.25, 0.3) is 0 Å². The molecule has 2 N–H and O–H groups in total. The van der Waals surface area contributed by atoms with Crippen molar-refractivity contribution in [3.8, 4) is 0 Å². The van der Waals surface area contributed by atoms with Crippen molar-refractivity contribution >= 4 is 0 Å². The number of morpholine rings is 1. The normalized spacial score (nSPS) is 29.7. The van der Waals surface area contributed by atoms with Gasteiger partial charge in [-0.05, 0) is 37.8 Å². The lowest BCUT2D eigenvalue weighted by Crippen LogP contribution is -2.56. The third kappa shape index (κ3) is 3.01. The van der Waals surface area contributed by atoms with E-state index in [1.165, 1.54) is 36.8 Å². The van der Waals surface area contributed by atoms with E-state index in [4.69, 9.17) is 10.5 Å². The van der Waals surface area contributed by atoms with Crippen molar-refractivity contribution in [3.05, 3.63) is 35.4 Å². The van der Waals surface area contributed by atoms with Crippen LogP contribution in [0.4, 0.5) is 0 Å². The van der Waals surface area contributed by atoms with Crippen molar-refractivity contribution < 1.29 is 4.74 Å². The Morgan fingerprint density at radius 1 is 1.24 bits per heavy atom. The largest absolute Gasteiger partial charge is 0.375 e. The predicted molar refractivity (Wildman–Crippen MR) is 86.3 cm³/mol. The summed E-state index contributed by atoms with van der Waals surface area (Å²) < 4.78 is 6.03. The van der Waals surface area contributed by atoms with E-state index in [1.807, 2.05) is 0 Å². The van der Waals surface area contributed by atoms with E-state index in [0.29, 0.717) is 18.2 Å². The van der Waals surface area contributed by atoms with Crippen molar-refractivity contribution in [1.29, 1.82) is 0 Å². The van der Waals surface area contributed by atoms with Gasteiger partial charge in [0, 0.05) is 18.6 Å². The molecule has 21 heavy (non-hydrogen) atoms. The van der Waals surface area contributed by atoms with Crippen LogP contribution in [-0.4, -0.2) is 36.2 Å². The van der Waals surface area contributed by atoms with Gasteiger partial charge < -0.3 is 10.5 Å². The SMILES string of the molecule is Cc1ccccc1C(C(C)N)N1CCOC2CCCCC21. The average molecular weight is 288 g/mol. The molecule has 4 unspecified atom stereocenters. The first-order chi connectivity index (χ1) is 10.2. The van der Waals surface area contributed by atoms with Gasteiger partial charge in [0.15, 0.2) is 0 Å². The number of benzene rings is 1. The van der Waals surface area contributed by atoms with E-state index in [-0.39, 0.29) is 6.04 Å². The highest BCUT2D eigenvalue weighted by atomic mass is 16.5. The van der Waals surface area contributed by atoms with Crippen LogP contribution in [0.25, 0.3) is 0 Å². The molecule has 3 rings (SSSR count). The fourth-order valence-electron chi connectivity index (χ4n) is 4.15. The van der Waals surface area contributed by atoms with Crippen LogP contribution < -0.4 is 5.73 Å². The van der Waals surface area contributed by atoms with Crippen LogP contribution in [0.3, 0.4) is 0 Å². The number of ether oxygens (including phenoxy) is 1. The predicted octanol–water partition coefficient (Wildman–Crippen LogP) is 3.03. The summed E-state index contributed by atoms with van der Waals surface area (Å²) in [7, 11) is 0. The Labute approximate surface area is 128 Å². The maximum Gasteiger partial charge on any atom is 0.0731 e. The minimum Gasteiger partial charge on any atom is -0.375 e. The summed E-state index contributed by atoms with van der Waals surface area (Å²) in [6, 6.07) is 9.67. The second-order valence-corrected chi connectivity index (χ2v) is 6.66. The summed E-state index contributed by atoms with van der Waals surface area (Å²) in [5.41, 5.74) is 9.14. The molecule has 0 spiro atoms. The van der Waals surface area contributed by atoms with Crippen LogP contribution in [-0.2, 0) is 4.74 Å². The molecule has 1 saturated heterocycles. The van der Waals surface area contributed by atoms with Gasteiger partial charge in [0.2, 0.25) is 0 Å². The van der Waals surface area contributed by atoms with E-state index in [9.17, 15) is 0 Å². The molecule has 1 aromatic carbocycles. The molecule has 0 amide bonds. The molecule has 1 aliphatic heterocycles. The zero-order valence-corrected chi connectivity index (χ0v) is 13.3. The highest BCUT2D eigenvalue weighted by Gasteiger charge is 2.39. The molecular weight excluding hydrogens is 260 g/mol. The van der Waals surface area contributed by atoms with Crippen molar-refractivity contribution in [2.24, 2.45) is 5.73 Å². The molecule has 1 saturated carbocycles. The lowest BCUT2D eigenvalue weighted by atomic mass is 9.86. The van der Waals surface area contributed by atoms with Gasteiger partial charge in [0.05, 0.1) is 18.8 Å². The van der Waals surface area contributed by atoms with E-state index >= 15 is 0 Å². The molecule has 3 nitrogen and oxygen atoms in total. The van der Waals surface area contributed by atoms with E-state index in [0.717, 1.165) is 13.2 Å². The lowest BCUT2D eigenvalue weighted by molar-refractivity contribution is -0.106. The van der Waals surface area contributed by atoms with Crippen LogP contribution in [0.5, 0.6) is 0 Å². The fourth-order valence-corrected chi connectivity index (χ4v) is 4.15. The Morgan fingerprint density at radius 3 is 2.76 bits per heavy atom. The summed E-state index contributed by atoms with van der Waals surface area (Å²) >= 11 is 0. The number of rotatable bonds is 3. The summed E-state index contributed by atoms with van der Waals surface area (Å²) in [4.78, 5) is 2.64. The molecule has 1 heterocycles. The first kappa shape index (κ1) is 15.0. The summed E-state index contributed by atoms with van der Waals surface area (Å²) in [5, 5.41) is 0. The van der Waals surface area contributed by atoms with Gasteiger partial charge in [-0.25, -0.2) is 0 Å². The zero-order chi connectivity index (χ0) is 14.8. The summed E-state index contributed by atoms with van der Waals surface area (Å²) in [5.74, 6) is 0. The van der Waals surface area contributed by atoms with Crippen molar-refractivity contribution in [3.63, 3.8) is 0 Å². The topological polar surface area (TPSA) is 38.5 Å². The van der Waals surface area contributed by atoms with Crippen LogP contribution in [0.15, 0.2) is 24.3 Å². The van der Waals surface area contributed by atoms with Gasteiger partial charge in [-0.3, -0.25) is 4.90 Å². The molecule has 0 radical (unpaired) electrons. The van der Waals surface area contributed by atoms with E-state index in [2.05, 4.69) is 43.0 Å². The van der Waals surface area contributed by atoms with Gasteiger partial charge >= 0.3 is 0 Å². The van der Waals surface area contributed by atoms with E-state index < -0.39 is 0 Å². The number of fused-ring (bicyclic) bond motifs is 1. The van der Waals surface area contributed by atoms with Crippen LogP contribution in [0.1, 0.15) is 49.8 Å². The molecule has 4 atom stereocenters. The van der Waals surface area contributed by atoms with Crippen LogP contribution in [0, 0.1) is 6.92 Å². The molecule has 1 aromatic rings. The third-order valence-corrected chi connectivity index (χ3v) is 5.14. The number of nitrogens with two attached hydrogens (primary N) is 1. The molecule has 3 heteroatoms. The van der Waals surface area contributed by atoms with Gasteiger partial charge in [-0.1, -0.05) is 37.1 Å². The number of hydrogen-bond donors (Lipinski definition) is 1. The maximum atomic E-state index is 6.41. The molecule has 2 fully saturated rings. The minimum atomic E-state index is 0.131. The fraction of sp³-hybridized carbons (Fsp3) is 0.667. The molecule has 2 aliphatic rings. The Balaban J connectivity index is 1.91. The highest BCUT2D eigenvalue weighted by Crippen LogP contribution is 2.36. The molecule has 116 valence electrons. The molecular formula is C18H28N2O. The Morgan fingerprint density at radius 2 is 2.00 bits per heavy atom. The minimum absolute atomic E-state index is 0.131. The lowest BCUT2D eigenvalue weighted by Gasteiger charge is -2.48. The van der Waals surface area contributed by atoms with Crippen molar-refractivity contribution in [2.45, 2.75) is 63.8 Å². The molecule has 0 bridgehead atoms.